The molecule has 3 aromatic rings. The summed E-state index contributed by atoms with van der Waals surface area (Å²) in [5.41, 5.74) is 4.27. The Bertz CT molecular complexity index is 920. The second-order valence-corrected chi connectivity index (χ2v) is 8.07. The number of hydrogen-bond donors (Lipinski definition) is 0. The topological polar surface area (TPSA) is 36.4 Å². The van der Waals surface area contributed by atoms with Crippen LogP contribution in [-0.2, 0) is 0 Å². The first kappa shape index (κ1) is 17.3. The lowest BCUT2D eigenvalue weighted by Gasteiger charge is -2.34. The molecule has 1 aromatic heterocycles. The van der Waals surface area contributed by atoms with Gasteiger partial charge in [0.25, 0.3) is 5.91 Å². The molecular formula is C20H20ClN3OS. The van der Waals surface area contributed by atoms with E-state index in [1.165, 1.54) is 15.8 Å². The van der Waals surface area contributed by atoms with Gasteiger partial charge >= 0.3 is 0 Å². The molecule has 0 radical (unpaired) electrons. The maximum absolute atomic E-state index is 12.6. The summed E-state index contributed by atoms with van der Waals surface area (Å²) in [6.07, 6.45) is 0. The van der Waals surface area contributed by atoms with Crippen LogP contribution in [0.4, 0.5) is 5.13 Å². The second-order valence-electron chi connectivity index (χ2n) is 6.66. The number of fused-ring (bicyclic) bond motifs is 1. The number of aryl methyl sites for hydroxylation is 2. The summed E-state index contributed by atoms with van der Waals surface area (Å²) in [6.45, 7) is 7.25. The van der Waals surface area contributed by atoms with Gasteiger partial charge in [0.2, 0.25) is 0 Å². The third-order valence-corrected chi connectivity index (χ3v) is 6.36. The van der Waals surface area contributed by atoms with E-state index in [-0.39, 0.29) is 5.91 Å². The molecule has 1 aliphatic rings. The summed E-state index contributed by atoms with van der Waals surface area (Å²) in [6, 6.07) is 11.4. The highest BCUT2D eigenvalue weighted by molar-refractivity contribution is 7.22. The lowest BCUT2D eigenvalue weighted by atomic mass is 10.1. The van der Waals surface area contributed by atoms with Gasteiger partial charge in [-0.2, -0.15) is 0 Å². The molecule has 1 fully saturated rings. The molecule has 0 atom stereocenters. The van der Waals surface area contributed by atoms with Gasteiger partial charge < -0.3 is 9.80 Å². The van der Waals surface area contributed by atoms with E-state index in [4.69, 9.17) is 16.6 Å². The summed E-state index contributed by atoms with van der Waals surface area (Å²) < 4.78 is 1.26. The van der Waals surface area contributed by atoms with E-state index in [1.54, 1.807) is 35.6 Å². The van der Waals surface area contributed by atoms with E-state index in [1.807, 2.05) is 4.90 Å². The van der Waals surface area contributed by atoms with Crippen molar-refractivity contribution in [3.63, 3.8) is 0 Å². The van der Waals surface area contributed by atoms with Crippen LogP contribution in [0, 0.1) is 13.8 Å². The number of thiazole rings is 1. The number of benzene rings is 2. The quantitative estimate of drug-likeness (QED) is 0.650. The minimum atomic E-state index is 0.0669. The number of piperazine rings is 1. The molecule has 0 spiro atoms. The van der Waals surface area contributed by atoms with Crippen LogP contribution in [0.25, 0.3) is 10.2 Å². The Morgan fingerprint density at radius 2 is 1.65 bits per heavy atom. The maximum atomic E-state index is 12.6. The highest BCUT2D eigenvalue weighted by atomic mass is 35.5. The fourth-order valence-electron chi connectivity index (χ4n) is 3.26. The Morgan fingerprint density at radius 3 is 2.31 bits per heavy atom. The minimum absolute atomic E-state index is 0.0669. The predicted molar refractivity (Wildman–Crippen MR) is 109 cm³/mol. The van der Waals surface area contributed by atoms with Gasteiger partial charge in [0, 0.05) is 36.8 Å². The number of aromatic nitrogens is 1. The zero-order chi connectivity index (χ0) is 18.3. The van der Waals surface area contributed by atoms with Crippen molar-refractivity contribution < 1.29 is 4.79 Å². The third-order valence-electron chi connectivity index (χ3n) is 4.86. The Balaban J connectivity index is 1.48. The number of rotatable bonds is 2. The van der Waals surface area contributed by atoms with E-state index in [2.05, 4.69) is 30.9 Å². The average molecular weight is 386 g/mol. The molecule has 2 aromatic carbocycles. The SMILES string of the molecule is Cc1ccc(C)c2sc(N3CCN(C(=O)c4ccc(Cl)cc4)CC3)nc12. The zero-order valence-electron chi connectivity index (χ0n) is 14.8. The molecule has 0 bridgehead atoms. The van der Waals surface area contributed by atoms with Crippen molar-refractivity contribution >= 4 is 44.2 Å². The van der Waals surface area contributed by atoms with Crippen LogP contribution in [0.2, 0.25) is 5.02 Å². The number of amides is 1. The Hall–Kier alpha value is -2.11. The van der Waals surface area contributed by atoms with Gasteiger partial charge in [-0.25, -0.2) is 4.98 Å². The molecule has 4 rings (SSSR count). The zero-order valence-corrected chi connectivity index (χ0v) is 16.4. The number of anilines is 1. The molecule has 1 aliphatic heterocycles. The highest BCUT2D eigenvalue weighted by Gasteiger charge is 2.24. The van der Waals surface area contributed by atoms with Crippen LogP contribution in [0.5, 0.6) is 0 Å². The minimum Gasteiger partial charge on any atom is -0.345 e. The molecule has 6 heteroatoms. The largest absolute Gasteiger partial charge is 0.345 e. The van der Waals surface area contributed by atoms with Crippen LogP contribution in [0.3, 0.4) is 0 Å². The van der Waals surface area contributed by atoms with Crippen LogP contribution in [-0.4, -0.2) is 42.0 Å². The number of hydrogen-bond acceptors (Lipinski definition) is 4. The van der Waals surface area contributed by atoms with E-state index in [0.717, 1.165) is 23.7 Å². The standard InChI is InChI=1S/C20H20ClN3OS/c1-13-3-4-14(2)18-17(13)22-20(26-18)24-11-9-23(10-12-24)19(25)15-5-7-16(21)8-6-15/h3-8H,9-12H2,1-2H3. The molecule has 4 nitrogen and oxygen atoms in total. The Morgan fingerprint density at radius 1 is 1.00 bits per heavy atom. The monoisotopic (exact) mass is 385 g/mol. The first-order valence-corrected chi connectivity index (χ1v) is 9.89. The van der Waals surface area contributed by atoms with Gasteiger partial charge in [0.1, 0.15) is 0 Å². The molecule has 26 heavy (non-hydrogen) atoms. The number of carbonyl (C=O) groups excluding carboxylic acids is 1. The van der Waals surface area contributed by atoms with Gasteiger partial charge in [-0.1, -0.05) is 35.1 Å². The molecule has 134 valence electrons. The number of nitrogens with zero attached hydrogens (tertiary/aromatic N) is 3. The Labute approximate surface area is 162 Å². The summed E-state index contributed by atoms with van der Waals surface area (Å²) in [4.78, 5) is 21.7. The van der Waals surface area contributed by atoms with Crippen LogP contribution < -0.4 is 4.90 Å². The first-order chi connectivity index (χ1) is 12.5. The second kappa shape index (κ2) is 6.89. The molecule has 2 heterocycles. The molecular weight excluding hydrogens is 366 g/mol. The average Bonchev–Trinajstić information content (AvgIpc) is 3.12. The fraction of sp³-hybridized carbons (Fsp3) is 0.300. The molecule has 0 saturated carbocycles. The summed E-state index contributed by atoms with van der Waals surface area (Å²) >= 11 is 7.66. The van der Waals surface area contributed by atoms with Gasteiger partial charge in [-0.05, 0) is 49.2 Å². The van der Waals surface area contributed by atoms with Gasteiger partial charge in [0.05, 0.1) is 10.2 Å². The van der Waals surface area contributed by atoms with Crippen LogP contribution in [0.15, 0.2) is 36.4 Å². The summed E-state index contributed by atoms with van der Waals surface area (Å²) in [5.74, 6) is 0.0669. The summed E-state index contributed by atoms with van der Waals surface area (Å²) in [5, 5.41) is 1.70. The van der Waals surface area contributed by atoms with E-state index in [9.17, 15) is 4.79 Å². The van der Waals surface area contributed by atoms with Gasteiger partial charge in [-0.15, -0.1) is 0 Å². The molecule has 0 unspecified atom stereocenters. The lowest BCUT2D eigenvalue weighted by molar-refractivity contribution is 0.0747. The lowest BCUT2D eigenvalue weighted by Crippen LogP contribution is -2.48. The van der Waals surface area contributed by atoms with Crippen molar-refractivity contribution in [2.45, 2.75) is 13.8 Å². The molecule has 0 aliphatic carbocycles. The molecule has 1 amide bonds. The van der Waals surface area contributed by atoms with Gasteiger partial charge in [0.15, 0.2) is 5.13 Å². The predicted octanol–water partition coefficient (Wildman–Crippen LogP) is 4.53. The van der Waals surface area contributed by atoms with E-state index in [0.29, 0.717) is 23.7 Å². The van der Waals surface area contributed by atoms with Crippen LogP contribution >= 0.6 is 22.9 Å². The van der Waals surface area contributed by atoms with E-state index < -0.39 is 0 Å². The van der Waals surface area contributed by atoms with Crippen molar-refractivity contribution in [3.05, 3.63) is 58.1 Å². The molecule has 1 saturated heterocycles. The normalized spacial score (nSPS) is 14.9. The maximum Gasteiger partial charge on any atom is 0.253 e. The smallest absolute Gasteiger partial charge is 0.253 e. The van der Waals surface area contributed by atoms with Crippen molar-refractivity contribution in [2.24, 2.45) is 0 Å². The third kappa shape index (κ3) is 3.17. The van der Waals surface area contributed by atoms with Crippen molar-refractivity contribution in [2.75, 3.05) is 31.1 Å². The highest BCUT2D eigenvalue weighted by Crippen LogP contribution is 2.33. The van der Waals surface area contributed by atoms with Crippen molar-refractivity contribution in [1.82, 2.24) is 9.88 Å². The van der Waals surface area contributed by atoms with Crippen molar-refractivity contribution in [3.8, 4) is 0 Å². The van der Waals surface area contributed by atoms with E-state index >= 15 is 0 Å². The van der Waals surface area contributed by atoms with Gasteiger partial charge in [-0.3, -0.25) is 4.79 Å². The number of carbonyl (C=O) groups is 1. The Kier molecular flexibility index (Phi) is 4.59. The first-order valence-electron chi connectivity index (χ1n) is 8.69. The van der Waals surface area contributed by atoms with Crippen molar-refractivity contribution in [1.29, 1.82) is 0 Å². The fourth-order valence-corrected chi connectivity index (χ4v) is 4.55. The van der Waals surface area contributed by atoms with Crippen LogP contribution in [0.1, 0.15) is 21.5 Å². The number of halogens is 1. The molecule has 0 N–H and O–H groups in total. The summed E-state index contributed by atoms with van der Waals surface area (Å²) in [7, 11) is 0.